The number of carbonyl (C=O) groups excluding carboxylic acids is 4. The van der Waals surface area contributed by atoms with Crippen LogP contribution < -0.4 is 0 Å². The maximum absolute atomic E-state index is 14.0. The lowest BCUT2D eigenvalue weighted by Gasteiger charge is -2.61. The van der Waals surface area contributed by atoms with E-state index in [9.17, 15) is 29.3 Å². The molecule has 5 rings (SSSR count). The SMILES string of the molecule is COC[C@@]12C(=O)O[C@@H]([N+](=O)[O-])[C@]3(CC[C@H]1OC(C)=O)[C@@H]1C[C@]4(OC(C)=O)[C@@H](OC)C[C@H](C[C@H](OC)[C@H]23)[C@H]1[C@H]4OC(C)=O. The minimum Gasteiger partial charge on any atom is -0.461 e. The Labute approximate surface area is 243 Å². The summed E-state index contributed by atoms with van der Waals surface area (Å²) in [6, 6.07) is 0. The van der Waals surface area contributed by atoms with E-state index in [0.29, 0.717) is 12.8 Å². The van der Waals surface area contributed by atoms with E-state index in [2.05, 4.69) is 0 Å². The number of fused-ring (bicyclic) bond motifs is 1. The Bertz CT molecular complexity index is 1160. The Morgan fingerprint density at radius 3 is 2.24 bits per heavy atom. The third kappa shape index (κ3) is 4.08. The first kappa shape index (κ1) is 30.6. The van der Waals surface area contributed by atoms with Crippen molar-refractivity contribution >= 4 is 23.9 Å². The third-order valence-electron chi connectivity index (χ3n) is 10.7. The van der Waals surface area contributed by atoms with E-state index < -0.39 is 93.6 Å². The Hall–Kier alpha value is -2.84. The van der Waals surface area contributed by atoms with E-state index in [1.54, 1.807) is 0 Å². The van der Waals surface area contributed by atoms with Crippen molar-refractivity contribution in [3.63, 3.8) is 0 Å². The van der Waals surface area contributed by atoms with E-state index in [1.807, 2.05) is 0 Å². The fourth-order valence-corrected chi connectivity index (χ4v) is 9.90. The Morgan fingerprint density at radius 1 is 1.00 bits per heavy atom. The van der Waals surface area contributed by atoms with E-state index in [1.165, 1.54) is 42.1 Å². The fraction of sp³-hybridized carbons (Fsp3) is 0.857. The summed E-state index contributed by atoms with van der Waals surface area (Å²) >= 11 is 0. The molecule has 42 heavy (non-hydrogen) atoms. The van der Waals surface area contributed by atoms with Crippen LogP contribution in [0.2, 0.25) is 0 Å². The number of nitro groups is 1. The molecule has 0 aromatic carbocycles. The zero-order valence-corrected chi connectivity index (χ0v) is 24.7. The van der Waals surface area contributed by atoms with Gasteiger partial charge in [-0.15, -0.1) is 0 Å². The van der Waals surface area contributed by atoms with Crippen molar-refractivity contribution in [2.45, 2.75) is 89.1 Å². The number of rotatable bonds is 8. The molecule has 0 aromatic rings. The zero-order valence-electron chi connectivity index (χ0n) is 24.7. The van der Waals surface area contributed by atoms with Crippen LogP contribution in [-0.2, 0) is 52.3 Å². The normalized spacial score (nSPS) is 45.1. The summed E-state index contributed by atoms with van der Waals surface area (Å²) in [5, 5.41) is 12.9. The predicted octanol–water partition coefficient (Wildman–Crippen LogP) is 1.43. The van der Waals surface area contributed by atoms with Gasteiger partial charge in [0.25, 0.3) is 0 Å². The van der Waals surface area contributed by atoms with Crippen LogP contribution in [0.1, 0.15) is 52.9 Å². The molecule has 1 aliphatic heterocycles. The first-order chi connectivity index (χ1) is 19.8. The first-order valence-corrected chi connectivity index (χ1v) is 14.3. The van der Waals surface area contributed by atoms with Crippen molar-refractivity contribution in [1.82, 2.24) is 0 Å². The lowest BCUT2D eigenvalue weighted by molar-refractivity contribution is -0.607. The van der Waals surface area contributed by atoms with Crippen LogP contribution >= 0.6 is 0 Å². The van der Waals surface area contributed by atoms with Crippen LogP contribution in [0.5, 0.6) is 0 Å². The molecule has 1 heterocycles. The molecule has 5 fully saturated rings. The summed E-state index contributed by atoms with van der Waals surface area (Å²) in [7, 11) is 4.38. The Kier molecular flexibility index (Phi) is 7.80. The van der Waals surface area contributed by atoms with Crippen molar-refractivity contribution in [2.75, 3.05) is 27.9 Å². The lowest BCUT2D eigenvalue weighted by Crippen LogP contribution is -2.74. The molecular formula is C28H39NO13. The summed E-state index contributed by atoms with van der Waals surface area (Å²) in [4.78, 5) is 63.6. The molecule has 12 atom stereocenters. The second kappa shape index (κ2) is 10.7. The Balaban J connectivity index is 1.80. The van der Waals surface area contributed by atoms with E-state index in [-0.39, 0.29) is 31.8 Å². The molecule has 4 aliphatic carbocycles. The molecule has 4 bridgehead atoms. The molecule has 4 saturated carbocycles. The molecule has 234 valence electrons. The highest BCUT2D eigenvalue weighted by atomic mass is 16.7. The average molecular weight is 598 g/mol. The molecule has 0 amide bonds. The second-order valence-electron chi connectivity index (χ2n) is 12.4. The molecule has 0 radical (unpaired) electrons. The van der Waals surface area contributed by atoms with Gasteiger partial charge in [-0.1, -0.05) is 0 Å². The minimum atomic E-state index is -1.78. The van der Waals surface area contributed by atoms with Crippen molar-refractivity contribution in [3.05, 3.63) is 10.1 Å². The summed E-state index contributed by atoms with van der Waals surface area (Å²) in [5.41, 5.74) is -4.42. The maximum Gasteiger partial charge on any atom is 0.362 e. The number of carbonyl (C=O) groups is 4. The van der Waals surface area contributed by atoms with E-state index >= 15 is 0 Å². The van der Waals surface area contributed by atoms with Crippen LogP contribution in [0, 0.1) is 44.6 Å². The number of esters is 4. The number of methoxy groups -OCH3 is 3. The van der Waals surface area contributed by atoms with Gasteiger partial charge in [0.05, 0.1) is 23.0 Å². The monoisotopic (exact) mass is 597 g/mol. The van der Waals surface area contributed by atoms with Gasteiger partial charge in [-0.25, -0.2) is 0 Å². The molecular weight excluding hydrogens is 558 g/mol. The van der Waals surface area contributed by atoms with Crippen LogP contribution in [0.25, 0.3) is 0 Å². The van der Waals surface area contributed by atoms with Gasteiger partial charge in [-0.3, -0.25) is 29.3 Å². The largest absolute Gasteiger partial charge is 0.461 e. The predicted molar refractivity (Wildman–Crippen MR) is 138 cm³/mol. The summed E-state index contributed by atoms with van der Waals surface area (Å²) in [6.45, 7) is 3.52. The highest BCUT2D eigenvalue weighted by Crippen LogP contribution is 2.72. The number of nitrogens with zero attached hydrogens (tertiary/aromatic N) is 1. The van der Waals surface area contributed by atoms with Crippen LogP contribution in [0.3, 0.4) is 0 Å². The molecule has 0 unspecified atom stereocenters. The van der Waals surface area contributed by atoms with Crippen molar-refractivity contribution in [3.8, 4) is 0 Å². The van der Waals surface area contributed by atoms with Crippen molar-refractivity contribution in [1.29, 1.82) is 0 Å². The lowest BCUT2D eigenvalue weighted by atomic mass is 9.45. The van der Waals surface area contributed by atoms with Crippen molar-refractivity contribution < 1.29 is 57.3 Å². The average Bonchev–Trinajstić information content (AvgIpc) is 3.05. The van der Waals surface area contributed by atoms with Gasteiger partial charge in [-0.05, 0) is 43.9 Å². The minimum absolute atomic E-state index is 0.0698. The molecule has 0 spiro atoms. The number of hydrogen-bond acceptors (Lipinski definition) is 13. The summed E-state index contributed by atoms with van der Waals surface area (Å²) in [5.74, 6) is -4.98. The van der Waals surface area contributed by atoms with Gasteiger partial charge in [0.15, 0.2) is 5.60 Å². The van der Waals surface area contributed by atoms with Crippen LogP contribution in [0.15, 0.2) is 0 Å². The van der Waals surface area contributed by atoms with Gasteiger partial charge in [0.1, 0.15) is 23.7 Å². The number of hydrogen-bond donors (Lipinski definition) is 0. The fourth-order valence-electron chi connectivity index (χ4n) is 9.90. The van der Waals surface area contributed by atoms with Crippen molar-refractivity contribution in [2.24, 2.45) is 34.5 Å². The van der Waals surface area contributed by atoms with Gasteiger partial charge in [0.2, 0.25) is 0 Å². The Morgan fingerprint density at radius 2 is 1.69 bits per heavy atom. The third-order valence-corrected chi connectivity index (χ3v) is 10.7. The molecule has 5 aliphatic rings. The molecule has 14 nitrogen and oxygen atoms in total. The van der Waals surface area contributed by atoms with Gasteiger partial charge >= 0.3 is 30.1 Å². The molecule has 1 saturated heterocycles. The second-order valence-corrected chi connectivity index (χ2v) is 12.4. The smallest absolute Gasteiger partial charge is 0.362 e. The summed E-state index contributed by atoms with van der Waals surface area (Å²) in [6.07, 6.45) is -4.09. The molecule has 0 aromatic heterocycles. The van der Waals surface area contributed by atoms with Gasteiger partial charge in [0, 0.05) is 53.9 Å². The van der Waals surface area contributed by atoms with Gasteiger partial charge < -0.3 is 33.2 Å². The van der Waals surface area contributed by atoms with E-state index in [0.717, 1.165) is 0 Å². The van der Waals surface area contributed by atoms with Crippen LogP contribution in [0.4, 0.5) is 0 Å². The maximum atomic E-state index is 14.0. The quantitative estimate of drug-likeness (QED) is 0.170. The molecule has 0 N–H and O–H groups in total. The van der Waals surface area contributed by atoms with E-state index in [4.69, 9.17) is 33.2 Å². The standard InChI is InChI=1S/C28H39NO13/c1-13(30)39-19-7-8-26-17-11-28(42-15(3)32)20(38-6)10-16(21(17)23(28)40-14(2)31)9-18(37-5)22(26)27(19,12-36-4)25(33)41-24(26)29(34)35/h16-24H,7-12H2,1-6H3/t16-,17+,18-,19+,20-,21+,22-,23+,24+,26+,27+,28-/m0/s1. The number of ether oxygens (including phenoxy) is 7. The first-order valence-electron chi connectivity index (χ1n) is 14.3. The van der Waals surface area contributed by atoms with Crippen LogP contribution in [-0.4, -0.2) is 93.0 Å². The molecule has 14 heteroatoms. The zero-order chi connectivity index (χ0) is 30.8. The number of cyclic esters (lactones) is 1. The highest BCUT2D eigenvalue weighted by molar-refractivity contribution is 5.81. The van der Waals surface area contributed by atoms with Gasteiger partial charge in [-0.2, -0.15) is 0 Å². The topological polar surface area (TPSA) is 176 Å². The summed E-state index contributed by atoms with van der Waals surface area (Å²) < 4.78 is 41.0. The highest BCUT2D eigenvalue weighted by Gasteiger charge is 2.83.